The smallest absolute Gasteiger partial charge is 0.123 e. The Balaban J connectivity index is 2.63. The van der Waals surface area contributed by atoms with E-state index in [-0.39, 0.29) is 17.9 Å². The van der Waals surface area contributed by atoms with Crippen LogP contribution in [0.1, 0.15) is 5.56 Å². The fraction of sp³-hybridized carbons (Fsp3) is 0.200. The summed E-state index contributed by atoms with van der Waals surface area (Å²) >= 11 is 0. The highest BCUT2D eigenvalue weighted by Gasteiger charge is 2.16. The van der Waals surface area contributed by atoms with Gasteiger partial charge in [0.15, 0.2) is 0 Å². The zero-order valence-corrected chi connectivity index (χ0v) is 11.3. The molecule has 0 saturated carbocycles. The molecule has 2 aromatic rings. The van der Waals surface area contributed by atoms with Crippen LogP contribution in [-0.2, 0) is 6.42 Å². The summed E-state index contributed by atoms with van der Waals surface area (Å²) in [6, 6.07) is 7.25. The fourth-order valence-corrected chi connectivity index (χ4v) is 2.23. The zero-order valence-electron chi connectivity index (χ0n) is 11.3. The van der Waals surface area contributed by atoms with E-state index in [4.69, 9.17) is 16.6 Å². The molecule has 2 rings (SSSR count). The summed E-state index contributed by atoms with van der Waals surface area (Å²) in [5.41, 5.74) is 13.9. The Kier molecular flexibility index (Phi) is 4.21. The van der Waals surface area contributed by atoms with E-state index in [1.54, 1.807) is 12.1 Å². The molecule has 8 N–H and O–H groups in total. The summed E-state index contributed by atoms with van der Waals surface area (Å²) in [5, 5.41) is 38.2. The Morgan fingerprint density at radius 2 is 1.71 bits per heavy atom. The van der Waals surface area contributed by atoms with E-state index in [1.807, 2.05) is 0 Å². The lowest BCUT2D eigenvalue weighted by atomic mass is 9.93. The van der Waals surface area contributed by atoms with E-state index in [2.05, 4.69) is 0 Å². The van der Waals surface area contributed by atoms with Gasteiger partial charge < -0.3 is 31.9 Å². The van der Waals surface area contributed by atoms with Gasteiger partial charge in [0.25, 0.3) is 0 Å². The molecule has 0 aromatic heterocycles. The zero-order chi connectivity index (χ0) is 15.6. The Bertz CT molecular complexity index is 658. The van der Waals surface area contributed by atoms with Gasteiger partial charge in [-0.05, 0) is 41.5 Å². The van der Waals surface area contributed by atoms with Crippen LogP contribution in [-0.4, -0.2) is 33.1 Å². The van der Waals surface area contributed by atoms with Crippen LogP contribution < -0.4 is 11.5 Å². The molecule has 112 valence electrons. The first-order chi connectivity index (χ1) is 9.92. The van der Waals surface area contributed by atoms with Gasteiger partial charge in [-0.1, -0.05) is 0 Å². The number of benzene rings is 2. The van der Waals surface area contributed by atoms with Crippen molar-refractivity contribution >= 4 is 11.4 Å². The van der Waals surface area contributed by atoms with Gasteiger partial charge in [-0.2, -0.15) is 0 Å². The van der Waals surface area contributed by atoms with Gasteiger partial charge in [0, 0.05) is 23.4 Å². The van der Waals surface area contributed by atoms with Crippen LogP contribution >= 0.6 is 0 Å². The maximum atomic E-state index is 9.98. The molecule has 0 heterocycles. The molecule has 0 bridgehead atoms. The molecular formula is C15H18N2O4. The van der Waals surface area contributed by atoms with Crippen LogP contribution in [0.15, 0.2) is 30.3 Å². The van der Waals surface area contributed by atoms with Crippen molar-refractivity contribution in [2.45, 2.75) is 12.5 Å². The van der Waals surface area contributed by atoms with Crippen molar-refractivity contribution < 1.29 is 20.4 Å². The van der Waals surface area contributed by atoms with E-state index < -0.39 is 12.7 Å². The number of nitrogen functional groups attached to an aromatic ring is 2. The van der Waals surface area contributed by atoms with Crippen molar-refractivity contribution in [3.05, 3.63) is 35.9 Å². The molecule has 2 aromatic carbocycles. The van der Waals surface area contributed by atoms with Crippen LogP contribution in [0.4, 0.5) is 11.4 Å². The molecule has 0 radical (unpaired) electrons. The van der Waals surface area contributed by atoms with E-state index >= 15 is 0 Å². The van der Waals surface area contributed by atoms with Crippen molar-refractivity contribution in [3.8, 4) is 22.6 Å². The van der Waals surface area contributed by atoms with Gasteiger partial charge in [0.2, 0.25) is 0 Å². The van der Waals surface area contributed by atoms with Crippen LogP contribution in [0.5, 0.6) is 11.5 Å². The SMILES string of the molecule is Nc1cc(N)c(CC(O)CO)c(-c2cc(O)ccc2O)c1. The second-order valence-corrected chi connectivity index (χ2v) is 4.88. The first-order valence-electron chi connectivity index (χ1n) is 6.41. The number of hydrogen-bond acceptors (Lipinski definition) is 6. The number of nitrogens with two attached hydrogens (primary N) is 2. The highest BCUT2D eigenvalue weighted by Crippen LogP contribution is 2.38. The number of phenols is 2. The summed E-state index contributed by atoms with van der Waals surface area (Å²) in [7, 11) is 0. The summed E-state index contributed by atoms with van der Waals surface area (Å²) in [6.45, 7) is -0.407. The molecule has 0 aliphatic carbocycles. The minimum Gasteiger partial charge on any atom is -0.508 e. The normalized spacial score (nSPS) is 12.3. The molecule has 0 fully saturated rings. The predicted molar refractivity (Wildman–Crippen MR) is 80.8 cm³/mol. The van der Waals surface area contributed by atoms with E-state index in [1.165, 1.54) is 18.2 Å². The lowest BCUT2D eigenvalue weighted by Crippen LogP contribution is -2.17. The number of anilines is 2. The topological polar surface area (TPSA) is 133 Å². The average molecular weight is 290 g/mol. The highest BCUT2D eigenvalue weighted by atomic mass is 16.3. The molecule has 6 heteroatoms. The quantitative estimate of drug-likeness (QED) is 0.365. The summed E-state index contributed by atoms with van der Waals surface area (Å²) < 4.78 is 0. The third-order valence-corrected chi connectivity index (χ3v) is 3.23. The Morgan fingerprint density at radius 3 is 2.38 bits per heavy atom. The van der Waals surface area contributed by atoms with Crippen LogP contribution in [0.3, 0.4) is 0 Å². The minimum absolute atomic E-state index is 0.0162. The Morgan fingerprint density at radius 1 is 1.00 bits per heavy atom. The third-order valence-electron chi connectivity index (χ3n) is 3.23. The predicted octanol–water partition coefficient (Wildman–Crippen LogP) is 0.825. The van der Waals surface area contributed by atoms with E-state index in [9.17, 15) is 15.3 Å². The lowest BCUT2D eigenvalue weighted by molar-refractivity contribution is 0.0957. The van der Waals surface area contributed by atoms with Crippen LogP contribution in [0, 0.1) is 0 Å². The number of aliphatic hydroxyl groups excluding tert-OH is 2. The molecule has 0 aliphatic rings. The summed E-state index contributed by atoms with van der Waals surface area (Å²) in [5.74, 6) is -0.0602. The molecule has 0 aliphatic heterocycles. The number of rotatable bonds is 4. The van der Waals surface area contributed by atoms with Gasteiger partial charge in [0.1, 0.15) is 11.5 Å². The standard InChI is InChI=1S/C15H18N2O4/c16-8-3-11(13-5-9(19)1-2-15(13)21)12(14(17)4-8)6-10(20)7-18/h1-5,10,18-21H,6-7,16-17H2. The molecule has 1 atom stereocenters. The fourth-order valence-electron chi connectivity index (χ4n) is 2.23. The average Bonchev–Trinajstić information content (AvgIpc) is 2.44. The molecule has 6 nitrogen and oxygen atoms in total. The Hall–Kier alpha value is -2.44. The number of phenolic OH excluding ortho intramolecular Hbond substituents is 2. The molecule has 21 heavy (non-hydrogen) atoms. The second kappa shape index (κ2) is 5.90. The molecule has 0 spiro atoms. The van der Waals surface area contributed by atoms with E-state index in [0.29, 0.717) is 28.1 Å². The molecule has 0 saturated heterocycles. The van der Waals surface area contributed by atoms with Gasteiger partial charge in [0.05, 0.1) is 12.7 Å². The third kappa shape index (κ3) is 3.18. The summed E-state index contributed by atoms with van der Waals surface area (Å²) in [4.78, 5) is 0. The lowest BCUT2D eigenvalue weighted by Gasteiger charge is -2.17. The van der Waals surface area contributed by atoms with Crippen LogP contribution in [0.25, 0.3) is 11.1 Å². The number of hydrogen-bond donors (Lipinski definition) is 6. The van der Waals surface area contributed by atoms with Gasteiger partial charge in [-0.15, -0.1) is 0 Å². The second-order valence-electron chi connectivity index (χ2n) is 4.88. The van der Waals surface area contributed by atoms with Crippen molar-refractivity contribution in [1.82, 2.24) is 0 Å². The van der Waals surface area contributed by atoms with Gasteiger partial charge >= 0.3 is 0 Å². The van der Waals surface area contributed by atoms with Crippen LogP contribution in [0.2, 0.25) is 0 Å². The van der Waals surface area contributed by atoms with Crippen molar-refractivity contribution in [2.24, 2.45) is 0 Å². The van der Waals surface area contributed by atoms with E-state index in [0.717, 1.165) is 0 Å². The van der Waals surface area contributed by atoms with Gasteiger partial charge in [-0.25, -0.2) is 0 Å². The molecular weight excluding hydrogens is 272 g/mol. The number of aromatic hydroxyl groups is 2. The maximum Gasteiger partial charge on any atom is 0.123 e. The van der Waals surface area contributed by atoms with Gasteiger partial charge in [-0.3, -0.25) is 0 Å². The van der Waals surface area contributed by atoms with Crippen molar-refractivity contribution in [1.29, 1.82) is 0 Å². The first-order valence-corrected chi connectivity index (χ1v) is 6.41. The summed E-state index contributed by atoms with van der Waals surface area (Å²) in [6.07, 6.45) is -0.873. The monoisotopic (exact) mass is 290 g/mol. The highest BCUT2D eigenvalue weighted by molar-refractivity contribution is 5.81. The first kappa shape index (κ1) is 15.0. The molecule has 1 unspecified atom stereocenters. The van der Waals surface area contributed by atoms with Crippen molar-refractivity contribution in [3.63, 3.8) is 0 Å². The minimum atomic E-state index is -0.978. The largest absolute Gasteiger partial charge is 0.508 e. The Labute approximate surface area is 121 Å². The van der Waals surface area contributed by atoms with Crippen molar-refractivity contribution in [2.75, 3.05) is 18.1 Å². The molecule has 0 amide bonds. The maximum absolute atomic E-state index is 9.98. The number of aliphatic hydroxyl groups is 2.